The fraction of sp³-hybridized carbons (Fsp3) is 0.938. The van der Waals surface area contributed by atoms with E-state index in [0.29, 0.717) is 13.0 Å². The van der Waals surface area contributed by atoms with Crippen molar-refractivity contribution in [3.63, 3.8) is 0 Å². The van der Waals surface area contributed by atoms with Gasteiger partial charge in [0.1, 0.15) is 6.10 Å². The van der Waals surface area contributed by atoms with Crippen molar-refractivity contribution < 1.29 is 18.7 Å². The van der Waals surface area contributed by atoms with Crippen molar-refractivity contribution in [2.45, 2.75) is 71.4 Å². The topological polar surface area (TPSA) is 44.8 Å². The predicted octanol–water partition coefficient (Wildman–Crippen LogP) is 3.61. The van der Waals surface area contributed by atoms with Gasteiger partial charge in [-0.3, -0.25) is 4.79 Å². The Labute approximate surface area is 130 Å². The zero-order valence-electron chi connectivity index (χ0n) is 14.9. The van der Waals surface area contributed by atoms with E-state index in [2.05, 4.69) is 40.8 Å². The van der Waals surface area contributed by atoms with Gasteiger partial charge in [0, 0.05) is 13.7 Å². The van der Waals surface area contributed by atoms with Crippen molar-refractivity contribution in [2.75, 3.05) is 13.7 Å². The van der Waals surface area contributed by atoms with Crippen molar-refractivity contribution in [1.29, 1.82) is 0 Å². The van der Waals surface area contributed by atoms with E-state index in [1.54, 1.807) is 7.11 Å². The molecule has 0 N–H and O–H groups in total. The van der Waals surface area contributed by atoms with E-state index in [4.69, 9.17) is 13.9 Å². The summed E-state index contributed by atoms with van der Waals surface area (Å²) >= 11 is 0. The van der Waals surface area contributed by atoms with E-state index in [9.17, 15) is 4.79 Å². The van der Waals surface area contributed by atoms with Gasteiger partial charge in [-0.2, -0.15) is 0 Å². The molecule has 124 valence electrons. The number of hydrogen-bond donors (Lipinski definition) is 0. The van der Waals surface area contributed by atoms with Crippen LogP contribution in [0.3, 0.4) is 0 Å². The van der Waals surface area contributed by atoms with Crippen LogP contribution in [0.4, 0.5) is 0 Å². The maximum absolute atomic E-state index is 12.1. The molecule has 1 rings (SSSR count). The molecule has 1 saturated heterocycles. The lowest BCUT2D eigenvalue weighted by Gasteiger charge is -2.39. The van der Waals surface area contributed by atoms with Gasteiger partial charge >= 0.3 is 5.97 Å². The standard InChI is InChI=1S/C16H32O4Si/c1-11-13(15(17)20-12(2)14(11)18-6)9-10-19-21(7,8)16(3,4)5/h11-14H,9-10H2,1-8H3/t11-,12-,13-,14+/m1/s1. The highest BCUT2D eigenvalue weighted by atomic mass is 28.4. The first-order valence-electron chi connectivity index (χ1n) is 7.88. The molecule has 0 aromatic carbocycles. The Morgan fingerprint density at radius 3 is 2.29 bits per heavy atom. The maximum atomic E-state index is 12.1. The summed E-state index contributed by atoms with van der Waals surface area (Å²) in [6.45, 7) is 15.7. The molecule has 5 heteroatoms. The van der Waals surface area contributed by atoms with Crippen molar-refractivity contribution in [3.8, 4) is 0 Å². The van der Waals surface area contributed by atoms with Gasteiger partial charge in [0.15, 0.2) is 8.32 Å². The molecule has 21 heavy (non-hydrogen) atoms. The van der Waals surface area contributed by atoms with Crippen LogP contribution in [0.25, 0.3) is 0 Å². The first kappa shape index (κ1) is 18.7. The Bertz CT molecular complexity index is 362. The molecule has 0 saturated carbocycles. The molecule has 0 aromatic rings. The van der Waals surface area contributed by atoms with E-state index in [1.807, 2.05) is 6.92 Å². The molecule has 0 aromatic heterocycles. The second kappa shape index (κ2) is 6.80. The first-order chi connectivity index (χ1) is 9.51. The zero-order valence-corrected chi connectivity index (χ0v) is 15.9. The molecular weight excluding hydrogens is 284 g/mol. The highest BCUT2D eigenvalue weighted by Crippen LogP contribution is 2.37. The van der Waals surface area contributed by atoms with Gasteiger partial charge in [0.2, 0.25) is 0 Å². The highest BCUT2D eigenvalue weighted by Gasteiger charge is 2.42. The number of rotatable bonds is 5. The smallest absolute Gasteiger partial charge is 0.309 e. The van der Waals surface area contributed by atoms with Crippen LogP contribution < -0.4 is 0 Å². The molecular formula is C16H32O4Si. The first-order valence-corrected chi connectivity index (χ1v) is 10.8. The molecule has 4 atom stereocenters. The normalized spacial score (nSPS) is 31.1. The number of ether oxygens (including phenoxy) is 2. The molecule has 0 unspecified atom stereocenters. The van der Waals surface area contributed by atoms with Crippen LogP contribution in [-0.4, -0.2) is 40.2 Å². The van der Waals surface area contributed by atoms with Gasteiger partial charge in [0.25, 0.3) is 0 Å². The van der Waals surface area contributed by atoms with Crippen molar-refractivity contribution >= 4 is 14.3 Å². The number of hydrogen-bond acceptors (Lipinski definition) is 4. The van der Waals surface area contributed by atoms with Crippen molar-refractivity contribution in [2.24, 2.45) is 11.8 Å². The molecule has 0 bridgehead atoms. The molecule has 0 radical (unpaired) electrons. The Morgan fingerprint density at radius 1 is 1.24 bits per heavy atom. The SMILES string of the molecule is CO[C@H]1[C@H](C)[C@@H](CCO[Si](C)(C)C(C)(C)C)C(=O)O[C@@H]1C. The quantitative estimate of drug-likeness (QED) is 0.574. The minimum atomic E-state index is -1.76. The number of cyclic esters (lactones) is 1. The van der Waals surface area contributed by atoms with Crippen LogP contribution in [0.5, 0.6) is 0 Å². The molecule has 0 aliphatic carbocycles. The minimum Gasteiger partial charge on any atom is -0.460 e. The Morgan fingerprint density at radius 2 is 1.81 bits per heavy atom. The Balaban J connectivity index is 2.60. The molecule has 1 heterocycles. The average Bonchev–Trinajstić information content (AvgIpc) is 2.32. The number of methoxy groups -OCH3 is 1. The summed E-state index contributed by atoms with van der Waals surface area (Å²) in [6, 6.07) is 0. The second-order valence-corrected chi connectivity index (χ2v) is 12.5. The molecule has 0 spiro atoms. The Hall–Kier alpha value is -0.393. The van der Waals surface area contributed by atoms with E-state index in [-0.39, 0.29) is 35.1 Å². The van der Waals surface area contributed by atoms with Crippen LogP contribution in [-0.2, 0) is 18.7 Å². The number of esters is 1. The highest BCUT2D eigenvalue weighted by molar-refractivity contribution is 6.74. The van der Waals surface area contributed by atoms with Crippen LogP contribution >= 0.6 is 0 Å². The molecule has 1 aliphatic heterocycles. The maximum Gasteiger partial charge on any atom is 0.309 e. The predicted molar refractivity (Wildman–Crippen MR) is 86.8 cm³/mol. The van der Waals surface area contributed by atoms with E-state index in [0.717, 1.165) is 0 Å². The van der Waals surface area contributed by atoms with Crippen molar-refractivity contribution in [1.82, 2.24) is 0 Å². The van der Waals surface area contributed by atoms with Crippen LogP contribution in [0.15, 0.2) is 0 Å². The lowest BCUT2D eigenvalue weighted by atomic mass is 9.82. The van der Waals surface area contributed by atoms with Crippen LogP contribution in [0.2, 0.25) is 18.1 Å². The van der Waals surface area contributed by atoms with Gasteiger partial charge in [-0.25, -0.2) is 0 Å². The lowest BCUT2D eigenvalue weighted by molar-refractivity contribution is -0.182. The summed E-state index contributed by atoms with van der Waals surface area (Å²) in [5.74, 6) is -0.0766. The van der Waals surface area contributed by atoms with Gasteiger partial charge < -0.3 is 13.9 Å². The zero-order chi connectivity index (χ0) is 16.4. The average molecular weight is 317 g/mol. The molecule has 1 aliphatic rings. The Kier molecular flexibility index (Phi) is 6.04. The summed E-state index contributed by atoms with van der Waals surface area (Å²) in [5, 5.41) is 0.190. The summed E-state index contributed by atoms with van der Waals surface area (Å²) in [6.07, 6.45) is 0.509. The molecule has 4 nitrogen and oxygen atoms in total. The third kappa shape index (κ3) is 4.30. The summed E-state index contributed by atoms with van der Waals surface area (Å²) in [7, 11) is -0.0751. The second-order valence-electron chi connectivity index (χ2n) is 7.71. The van der Waals surface area contributed by atoms with Gasteiger partial charge in [-0.1, -0.05) is 27.7 Å². The molecule has 1 fully saturated rings. The van der Waals surface area contributed by atoms with Gasteiger partial charge in [-0.05, 0) is 37.4 Å². The minimum absolute atomic E-state index is 0.0272. The third-order valence-corrected chi connectivity index (χ3v) is 9.73. The van der Waals surface area contributed by atoms with Crippen molar-refractivity contribution in [3.05, 3.63) is 0 Å². The van der Waals surface area contributed by atoms with E-state index in [1.165, 1.54) is 0 Å². The van der Waals surface area contributed by atoms with Crippen LogP contribution in [0, 0.1) is 11.8 Å². The lowest BCUT2D eigenvalue weighted by Crippen LogP contribution is -2.48. The summed E-state index contributed by atoms with van der Waals surface area (Å²) in [4.78, 5) is 12.1. The largest absolute Gasteiger partial charge is 0.460 e. The summed E-state index contributed by atoms with van der Waals surface area (Å²) < 4.78 is 17.1. The van der Waals surface area contributed by atoms with E-state index < -0.39 is 8.32 Å². The number of carbonyl (C=O) groups is 1. The fourth-order valence-corrected chi connectivity index (χ4v) is 3.71. The van der Waals surface area contributed by atoms with Gasteiger partial charge in [-0.15, -0.1) is 0 Å². The number of carbonyl (C=O) groups excluding carboxylic acids is 1. The van der Waals surface area contributed by atoms with Crippen LogP contribution in [0.1, 0.15) is 41.0 Å². The fourth-order valence-electron chi connectivity index (χ4n) is 2.65. The van der Waals surface area contributed by atoms with E-state index >= 15 is 0 Å². The molecule has 0 amide bonds. The third-order valence-electron chi connectivity index (χ3n) is 5.19. The summed E-state index contributed by atoms with van der Waals surface area (Å²) in [5.41, 5.74) is 0. The van der Waals surface area contributed by atoms with Gasteiger partial charge in [0.05, 0.1) is 12.0 Å². The monoisotopic (exact) mass is 316 g/mol.